The highest BCUT2D eigenvalue weighted by atomic mass is 35.5. The van der Waals surface area contributed by atoms with E-state index in [-0.39, 0.29) is 27.0 Å². The van der Waals surface area contributed by atoms with Crippen molar-refractivity contribution in [1.82, 2.24) is 4.90 Å². The molecule has 4 rings (SSSR count). The number of nitrogens with one attached hydrogen (secondary N) is 1. The summed E-state index contributed by atoms with van der Waals surface area (Å²) < 4.78 is 5.68. The number of furan rings is 1. The lowest BCUT2D eigenvalue weighted by atomic mass is 10.1. The molecule has 166 valence electrons. The van der Waals surface area contributed by atoms with Crippen LogP contribution in [0.1, 0.15) is 16.1 Å². The second kappa shape index (κ2) is 9.35. The molecule has 1 saturated heterocycles. The number of imide groups is 1. The van der Waals surface area contributed by atoms with Gasteiger partial charge in [0.25, 0.3) is 11.1 Å². The SMILES string of the molecule is O=C(CN1C(=O)S/C(=C\c2ccc(-c3cc(C(=O)[O-])ccc3Cl)o2)C1=O)Nc1ccccc1. The molecule has 0 atom stereocenters. The van der Waals surface area contributed by atoms with Crippen molar-refractivity contribution in [1.29, 1.82) is 0 Å². The van der Waals surface area contributed by atoms with Gasteiger partial charge in [0.15, 0.2) is 0 Å². The van der Waals surface area contributed by atoms with Gasteiger partial charge >= 0.3 is 0 Å². The minimum absolute atomic E-state index is 0.0674. The molecule has 0 spiro atoms. The maximum absolute atomic E-state index is 12.7. The van der Waals surface area contributed by atoms with Crippen LogP contribution < -0.4 is 10.4 Å². The lowest BCUT2D eigenvalue weighted by Crippen LogP contribution is -2.36. The molecule has 0 aliphatic carbocycles. The van der Waals surface area contributed by atoms with Crippen molar-refractivity contribution in [2.75, 3.05) is 11.9 Å². The number of halogens is 1. The Bertz CT molecular complexity index is 1300. The van der Waals surface area contributed by atoms with E-state index in [1.165, 1.54) is 24.3 Å². The van der Waals surface area contributed by atoms with Crippen molar-refractivity contribution in [3.05, 3.63) is 81.9 Å². The summed E-state index contributed by atoms with van der Waals surface area (Å²) in [5.41, 5.74) is 0.820. The number of para-hydroxylation sites is 1. The zero-order valence-electron chi connectivity index (χ0n) is 16.7. The Balaban J connectivity index is 1.49. The Morgan fingerprint density at radius 2 is 1.85 bits per heavy atom. The minimum atomic E-state index is -1.36. The molecule has 2 heterocycles. The smallest absolute Gasteiger partial charge is 0.294 e. The second-order valence-electron chi connectivity index (χ2n) is 6.87. The van der Waals surface area contributed by atoms with Gasteiger partial charge in [0, 0.05) is 17.3 Å². The van der Waals surface area contributed by atoms with Gasteiger partial charge in [-0.1, -0.05) is 35.9 Å². The van der Waals surface area contributed by atoms with Gasteiger partial charge in [-0.2, -0.15) is 0 Å². The highest BCUT2D eigenvalue weighted by Gasteiger charge is 2.36. The Labute approximate surface area is 196 Å². The molecule has 1 aromatic heterocycles. The summed E-state index contributed by atoms with van der Waals surface area (Å²) in [6.07, 6.45) is 1.38. The average Bonchev–Trinajstić information content (AvgIpc) is 3.35. The van der Waals surface area contributed by atoms with E-state index < -0.39 is 29.6 Å². The van der Waals surface area contributed by atoms with Gasteiger partial charge in [-0.25, -0.2) is 0 Å². The molecule has 1 aliphatic rings. The fraction of sp³-hybridized carbons (Fsp3) is 0.0435. The topological polar surface area (TPSA) is 120 Å². The summed E-state index contributed by atoms with van der Waals surface area (Å²) in [5.74, 6) is -1.96. The number of benzene rings is 2. The number of hydrogen-bond donors (Lipinski definition) is 1. The molecule has 0 radical (unpaired) electrons. The van der Waals surface area contributed by atoms with Gasteiger partial charge in [-0.05, 0) is 53.7 Å². The van der Waals surface area contributed by atoms with Gasteiger partial charge in [-0.3, -0.25) is 19.3 Å². The first-order valence-corrected chi connectivity index (χ1v) is 10.7. The first-order valence-electron chi connectivity index (χ1n) is 9.53. The minimum Gasteiger partial charge on any atom is -0.545 e. The van der Waals surface area contributed by atoms with Gasteiger partial charge < -0.3 is 19.6 Å². The number of aromatic carboxylic acids is 1. The molecule has 1 fully saturated rings. The molecule has 0 unspecified atom stereocenters. The second-order valence-corrected chi connectivity index (χ2v) is 8.27. The van der Waals surface area contributed by atoms with Crippen molar-refractivity contribution in [3.8, 4) is 11.3 Å². The predicted octanol–water partition coefficient (Wildman–Crippen LogP) is 3.64. The molecule has 1 aliphatic heterocycles. The number of carboxylic acid groups (broad SMARTS) is 1. The van der Waals surface area contributed by atoms with Gasteiger partial charge in [0.2, 0.25) is 5.91 Å². The predicted molar refractivity (Wildman–Crippen MR) is 121 cm³/mol. The average molecular weight is 482 g/mol. The highest BCUT2D eigenvalue weighted by Crippen LogP contribution is 2.35. The van der Waals surface area contributed by atoms with E-state index in [2.05, 4.69) is 5.32 Å². The fourth-order valence-electron chi connectivity index (χ4n) is 3.05. The van der Waals surface area contributed by atoms with Crippen LogP contribution in [0.5, 0.6) is 0 Å². The molecule has 3 amide bonds. The molecule has 10 heteroatoms. The maximum Gasteiger partial charge on any atom is 0.294 e. The fourth-order valence-corrected chi connectivity index (χ4v) is 4.08. The maximum atomic E-state index is 12.7. The third-order valence-corrected chi connectivity index (χ3v) is 5.84. The molecule has 2 aromatic carbocycles. The highest BCUT2D eigenvalue weighted by molar-refractivity contribution is 8.18. The molecular weight excluding hydrogens is 468 g/mol. The van der Waals surface area contributed by atoms with Crippen LogP contribution in [0.25, 0.3) is 17.4 Å². The summed E-state index contributed by atoms with van der Waals surface area (Å²) in [6, 6.07) is 15.8. The molecular formula is C23H14ClN2O6S-. The summed E-state index contributed by atoms with van der Waals surface area (Å²) in [7, 11) is 0. The zero-order chi connectivity index (χ0) is 23.5. The Hall–Kier alpha value is -3.82. The lowest BCUT2D eigenvalue weighted by Gasteiger charge is -2.12. The van der Waals surface area contributed by atoms with Crippen molar-refractivity contribution < 1.29 is 28.7 Å². The summed E-state index contributed by atoms with van der Waals surface area (Å²) >= 11 is 6.83. The first kappa shape index (κ1) is 22.4. The van der Waals surface area contributed by atoms with E-state index in [0.29, 0.717) is 23.0 Å². The number of carbonyl (C=O) groups excluding carboxylic acids is 4. The number of carboxylic acids is 1. The van der Waals surface area contributed by atoms with Crippen molar-refractivity contribution in [3.63, 3.8) is 0 Å². The van der Waals surface area contributed by atoms with E-state index in [4.69, 9.17) is 16.0 Å². The largest absolute Gasteiger partial charge is 0.545 e. The molecule has 3 aromatic rings. The van der Waals surface area contributed by atoms with Gasteiger partial charge in [0.05, 0.1) is 15.9 Å². The number of anilines is 1. The van der Waals surface area contributed by atoms with Crippen LogP contribution in [0.4, 0.5) is 10.5 Å². The number of nitrogens with zero attached hydrogens (tertiary/aromatic N) is 1. The summed E-state index contributed by atoms with van der Waals surface area (Å²) in [5, 5.41) is 13.4. The van der Waals surface area contributed by atoms with Gasteiger partial charge in [-0.15, -0.1) is 0 Å². The standard InChI is InChI=1S/C23H15ClN2O6S/c24-17-8-6-13(22(29)30)10-16(17)18-9-7-15(32-18)11-19-21(28)26(23(31)33-19)12-20(27)25-14-4-2-1-3-5-14/h1-11H,12H2,(H,25,27)(H,29,30)/p-1/b19-11-. The number of hydrogen-bond acceptors (Lipinski definition) is 7. The Kier molecular flexibility index (Phi) is 6.34. The molecule has 0 bridgehead atoms. The monoisotopic (exact) mass is 481 g/mol. The van der Waals surface area contributed by atoms with E-state index >= 15 is 0 Å². The third-order valence-electron chi connectivity index (χ3n) is 4.60. The van der Waals surface area contributed by atoms with Gasteiger partial charge in [0.1, 0.15) is 18.1 Å². The van der Waals surface area contributed by atoms with Crippen LogP contribution in [-0.4, -0.2) is 34.5 Å². The van der Waals surface area contributed by atoms with Crippen LogP contribution in [-0.2, 0) is 9.59 Å². The van der Waals surface area contributed by atoms with Crippen LogP contribution in [0.3, 0.4) is 0 Å². The van der Waals surface area contributed by atoms with Crippen LogP contribution >= 0.6 is 23.4 Å². The third kappa shape index (κ3) is 5.00. The van der Waals surface area contributed by atoms with Crippen LogP contribution in [0.15, 0.2) is 70.0 Å². The van der Waals surface area contributed by atoms with Crippen molar-refractivity contribution in [2.45, 2.75) is 0 Å². The number of carbonyl (C=O) groups is 4. The zero-order valence-corrected chi connectivity index (χ0v) is 18.3. The Morgan fingerprint density at radius 3 is 2.58 bits per heavy atom. The van der Waals surface area contributed by atoms with Crippen molar-refractivity contribution in [2.24, 2.45) is 0 Å². The first-order chi connectivity index (χ1) is 15.8. The van der Waals surface area contributed by atoms with Crippen LogP contribution in [0, 0.1) is 0 Å². The normalized spacial score (nSPS) is 14.7. The number of rotatable bonds is 6. The molecule has 8 nitrogen and oxygen atoms in total. The summed E-state index contributed by atoms with van der Waals surface area (Å²) in [4.78, 5) is 49.2. The van der Waals surface area contributed by atoms with Crippen LogP contribution in [0.2, 0.25) is 5.02 Å². The quantitative estimate of drug-likeness (QED) is 0.533. The molecule has 1 N–H and O–H groups in total. The molecule has 0 saturated carbocycles. The van der Waals surface area contributed by atoms with E-state index in [1.54, 1.807) is 42.5 Å². The number of amides is 3. The van der Waals surface area contributed by atoms with E-state index in [0.717, 1.165) is 4.90 Å². The summed E-state index contributed by atoms with van der Waals surface area (Å²) in [6.45, 7) is -0.425. The Morgan fingerprint density at radius 1 is 1.09 bits per heavy atom. The van der Waals surface area contributed by atoms with Crippen molar-refractivity contribution >= 4 is 58.1 Å². The molecule has 33 heavy (non-hydrogen) atoms. The van der Waals surface area contributed by atoms with E-state index in [9.17, 15) is 24.3 Å². The van der Waals surface area contributed by atoms with E-state index in [1.807, 2.05) is 0 Å². The lowest BCUT2D eigenvalue weighted by molar-refractivity contribution is -0.255. The number of thioether (sulfide) groups is 1.